The van der Waals surface area contributed by atoms with Gasteiger partial charge in [-0.25, -0.2) is 4.98 Å². The molecule has 1 aliphatic heterocycles. The zero-order valence-electron chi connectivity index (χ0n) is 15.6. The van der Waals surface area contributed by atoms with Gasteiger partial charge in [0.15, 0.2) is 0 Å². The lowest BCUT2D eigenvalue weighted by molar-refractivity contribution is 0.806. The zero-order chi connectivity index (χ0) is 17.9. The molecular formula is C21H24N2OSi. The Hall–Kier alpha value is -2.20. The predicted molar refractivity (Wildman–Crippen MR) is 108 cm³/mol. The second-order valence-corrected chi connectivity index (χ2v) is 13.3. The van der Waals surface area contributed by atoms with Crippen LogP contribution >= 0.6 is 0 Å². The maximum absolute atomic E-state index is 12.4. The molecule has 0 radical (unpaired) electrons. The molecule has 0 unspecified atom stereocenters. The van der Waals surface area contributed by atoms with Crippen LogP contribution in [0.25, 0.3) is 22.3 Å². The zero-order valence-corrected chi connectivity index (χ0v) is 16.6. The third-order valence-corrected chi connectivity index (χ3v) is 7.20. The third-order valence-electron chi connectivity index (χ3n) is 5.13. The summed E-state index contributed by atoms with van der Waals surface area (Å²) in [6.45, 7) is 12.2. The Balaban J connectivity index is 2.18. The number of hydrogen-bond acceptors (Lipinski definition) is 2. The summed E-state index contributed by atoms with van der Waals surface area (Å²) in [6.07, 6.45) is 0. The van der Waals surface area contributed by atoms with Crippen molar-refractivity contribution in [3.8, 4) is 11.4 Å². The van der Waals surface area contributed by atoms with Gasteiger partial charge in [0.25, 0.3) is 5.56 Å². The quantitative estimate of drug-likeness (QED) is 0.511. The summed E-state index contributed by atoms with van der Waals surface area (Å²) in [7, 11) is -1.62. The normalized spacial score (nSPS) is 13.4. The van der Waals surface area contributed by atoms with Gasteiger partial charge in [0.05, 0.1) is 31.5 Å². The summed E-state index contributed by atoms with van der Waals surface area (Å²) < 4.78 is 1.87. The van der Waals surface area contributed by atoms with Crippen molar-refractivity contribution in [3.05, 3.63) is 57.9 Å². The molecule has 4 rings (SSSR count). The van der Waals surface area contributed by atoms with E-state index >= 15 is 0 Å². The van der Waals surface area contributed by atoms with Crippen LogP contribution < -0.4 is 10.7 Å². The molecule has 0 aliphatic carbocycles. The van der Waals surface area contributed by atoms with Crippen LogP contribution in [0.1, 0.15) is 30.9 Å². The van der Waals surface area contributed by atoms with Crippen LogP contribution in [0.15, 0.2) is 41.2 Å². The molecule has 0 fully saturated rings. The van der Waals surface area contributed by atoms with Gasteiger partial charge in [-0.1, -0.05) is 57.8 Å². The molecule has 2 aromatic heterocycles. The van der Waals surface area contributed by atoms with Crippen LogP contribution in [0.3, 0.4) is 0 Å². The Morgan fingerprint density at radius 1 is 1.08 bits per heavy atom. The van der Waals surface area contributed by atoms with E-state index < -0.39 is 8.07 Å². The number of benzene rings is 1. The van der Waals surface area contributed by atoms with E-state index in [0.29, 0.717) is 12.5 Å². The number of pyridine rings is 2. The first kappa shape index (κ1) is 16.3. The average molecular weight is 349 g/mol. The largest absolute Gasteiger partial charge is 0.302 e. The van der Waals surface area contributed by atoms with Crippen molar-refractivity contribution in [2.75, 3.05) is 0 Å². The van der Waals surface area contributed by atoms with E-state index in [1.807, 2.05) is 16.7 Å². The van der Waals surface area contributed by atoms with Crippen LogP contribution in [0, 0.1) is 0 Å². The van der Waals surface area contributed by atoms with E-state index in [1.54, 1.807) is 6.07 Å². The van der Waals surface area contributed by atoms with Gasteiger partial charge in [0.2, 0.25) is 0 Å². The van der Waals surface area contributed by atoms with Crippen molar-refractivity contribution in [1.29, 1.82) is 0 Å². The van der Waals surface area contributed by atoms with Crippen LogP contribution in [0.5, 0.6) is 0 Å². The van der Waals surface area contributed by atoms with Gasteiger partial charge >= 0.3 is 0 Å². The van der Waals surface area contributed by atoms with Crippen molar-refractivity contribution < 1.29 is 0 Å². The summed E-state index contributed by atoms with van der Waals surface area (Å²) in [5, 5.41) is 2.74. The van der Waals surface area contributed by atoms with Crippen molar-refractivity contribution in [2.45, 2.75) is 46.0 Å². The topological polar surface area (TPSA) is 34.9 Å². The SMILES string of the molecule is CC(C)c1cccc2c([Si](C)(C)C)c3c(nc12)-c1cccc(=O)n1C3. The average Bonchev–Trinajstić information content (AvgIpc) is 2.90. The van der Waals surface area contributed by atoms with E-state index in [4.69, 9.17) is 4.98 Å². The molecule has 128 valence electrons. The van der Waals surface area contributed by atoms with Crippen molar-refractivity contribution >= 4 is 24.2 Å². The minimum Gasteiger partial charge on any atom is -0.302 e. The smallest absolute Gasteiger partial charge is 0.251 e. The molecule has 0 atom stereocenters. The molecule has 0 saturated heterocycles. The van der Waals surface area contributed by atoms with Crippen molar-refractivity contribution in [3.63, 3.8) is 0 Å². The number of fused-ring (bicyclic) bond motifs is 4. The maximum atomic E-state index is 12.4. The molecule has 0 spiro atoms. The van der Waals surface area contributed by atoms with Gasteiger partial charge in [0.1, 0.15) is 0 Å². The fourth-order valence-electron chi connectivity index (χ4n) is 4.08. The molecule has 0 bridgehead atoms. The fourth-order valence-corrected chi connectivity index (χ4v) is 6.20. The van der Waals surface area contributed by atoms with Gasteiger partial charge in [-0.3, -0.25) is 4.79 Å². The number of hydrogen-bond donors (Lipinski definition) is 0. The molecular weight excluding hydrogens is 324 g/mol. The molecule has 3 nitrogen and oxygen atoms in total. The monoisotopic (exact) mass is 348 g/mol. The lowest BCUT2D eigenvalue weighted by Gasteiger charge is -2.24. The Bertz CT molecular complexity index is 1060. The van der Waals surface area contributed by atoms with Gasteiger partial charge in [-0.15, -0.1) is 0 Å². The second-order valence-electron chi connectivity index (χ2n) is 8.30. The molecule has 0 amide bonds. The minimum atomic E-state index is -1.62. The summed E-state index contributed by atoms with van der Waals surface area (Å²) in [5.74, 6) is 0.420. The Morgan fingerprint density at radius 3 is 2.48 bits per heavy atom. The van der Waals surface area contributed by atoms with E-state index in [9.17, 15) is 4.79 Å². The third kappa shape index (κ3) is 2.39. The molecule has 4 heteroatoms. The van der Waals surface area contributed by atoms with Crippen LogP contribution in [-0.2, 0) is 6.54 Å². The van der Waals surface area contributed by atoms with Crippen LogP contribution in [-0.4, -0.2) is 17.6 Å². The molecule has 25 heavy (non-hydrogen) atoms. The van der Waals surface area contributed by atoms with Crippen molar-refractivity contribution in [2.24, 2.45) is 0 Å². The lowest BCUT2D eigenvalue weighted by atomic mass is 9.98. The van der Waals surface area contributed by atoms with Crippen molar-refractivity contribution in [1.82, 2.24) is 9.55 Å². The van der Waals surface area contributed by atoms with Gasteiger partial charge in [0, 0.05) is 11.5 Å². The highest BCUT2D eigenvalue weighted by molar-refractivity contribution is 6.90. The molecule has 1 aliphatic rings. The molecule has 3 heterocycles. The molecule has 0 saturated carbocycles. The van der Waals surface area contributed by atoms with Gasteiger partial charge < -0.3 is 4.57 Å². The maximum Gasteiger partial charge on any atom is 0.251 e. The predicted octanol–water partition coefficient (Wildman–Crippen LogP) is 4.09. The highest BCUT2D eigenvalue weighted by atomic mass is 28.3. The second kappa shape index (κ2) is 5.40. The lowest BCUT2D eigenvalue weighted by Crippen LogP contribution is -2.41. The van der Waals surface area contributed by atoms with E-state index in [1.165, 1.54) is 21.7 Å². The summed E-state index contributed by atoms with van der Waals surface area (Å²) in [4.78, 5) is 17.5. The Labute approximate surface area is 149 Å². The summed E-state index contributed by atoms with van der Waals surface area (Å²) in [5.41, 5.74) is 5.69. The van der Waals surface area contributed by atoms with Gasteiger partial charge in [-0.05, 0) is 28.3 Å². The number of rotatable bonds is 2. The number of aromatic nitrogens is 2. The van der Waals surface area contributed by atoms with E-state index in [2.05, 4.69) is 51.7 Å². The Morgan fingerprint density at radius 2 is 1.80 bits per heavy atom. The molecule has 3 aromatic rings. The number of para-hydroxylation sites is 1. The van der Waals surface area contributed by atoms with Crippen LogP contribution in [0.4, 0.5) is 0 Å². The molecule has 1 aromatic carbocycles. The summed E-state index contributed by atoms with van der Waals surface area (Å²) >= 11 is 0. The van der Waals surface area contributed by atoms with Crippen LogP contribution in [0.2, 0.25) is 19.6 Å². The Kier molecular flexibility index (Phi) is 3.51. The van der Waals surface area contributed by atoms with Gasteiger partial charge in [-0.2, -0.15) is 0 Å². The first-order chi connectivity index (χ1) is 11.8. The highest BCUT2D eigenvalue weighted by Crippen LogP contribution is 2.34. The fraction of sp³-hybridized carbons (Fsp3) is 0.333. The summed E-state index contributed by atoms with van der Waals surface area (Å²) in [6, 6.07) is 12.1. The minimum absolute atomic E-state index is 0.0603. The highest BCUT2D eigenvalue weighted by Gasteiger charge is 2.31. The van der Waals surface area contributed by atoms with E-state index in [0.717, 1.165) is 16.9 Å². The first-order valence-corrected chi connectivity index (χ1v) is 12.4. The first-order valence-electron chi connectivity index (χ1n) is 8.95. The van der Waals surface area contributed by atoms with E-state index in [-0.39, 0.29) is 5.56 Å². The number of nitrogens with zero attached hydrogens (tertiary/aromatic N) is 2. The molecule has 0 N–H and O–H groups in total. The standard InChI is InChI=1S/C21H24N2OSi/c1-13(2)14-8-6-9-15-19(14)22-20-16(21(15)25(3,4)5)12-23-17(20)10-7-11-18(23)24/h6-11,13H,12H2,1-5H3.